The number of halogens is 2. The van der Waals surface area contributed by atoms with E-state index in [9.17, 15) is 14.0 Å². The summed E-state index contributed by atoms with van der Waals surface area (Å²) < 4.78 is 13.4. The Kier molecular flexibility index (Phi) is 5.06. The molecule has 1 fully saturated rings. The average molecular weight is 382 g/mol. The number of amides is 2. The Balaban J connectivity index is 1.72. The number of rotatable bonds is 4. The van der Waals surface area contributed by atoms with Crippen molar-refractivity contribution in [2.75, 3.05) is 12.4 Å². The molecular weight excluding hydrogens is 365 g/mol. The van der Waals surface area contributed by atoms with Crippen molar-refractivity contribution in [3.63, 3.8) is 0 Å². The predicted octanol–water partition coefficient (Wildman–Crippen LogP) is 3.39. The highest BCUT2D eigenvalue weighted by atomic mass is 35.5. The largest absolute Gasteiger partial charge is 0.334 e. The maximum Gasteiger partial charge on any atom is 0.247 e. The van der Waals surface area contributed by atoms with Crippen LogP contribution in [-0.4, -0.2) is 34.8 Å². The summed E-state index contributed by atoms with van der Waals surface area (Å²) in [5.74, 6) is -0.622. The van der Waals surface area contributed by atoms with Gasteiger partial charge in [-0.15, -0.1) is 11.3 Å². The molecule has 2 heterocycles. The minimum absolute atomic E-state index is 0.0233. The maximum absolute atomic E-state index is 13.4. The minimum atomic E-state index is -0.445. The molecule has 1 aromatic carbocycles. The van der Waals surface area contributed by atoms with Gasteiger partial charge in [0, 0.05) is 24.9 Å². The number of benzene rings is 1. The molecule has 0 aliphatic carbocycles. The highest BCUT2D eigenvalue weighted by molar-refractivity contribution is 7.16. The smallest absolute Gasteiger partial charge is 0.247 e. The van der Waals surface area contributed by atoms with Crippen molar-refractivity contribution in [2.24, 2.45) is 0 Å². The summed E-state index contributed by atoms with van der Waals surface area (Å²) in [5, 5.41) is 4.60. The fourth-order valence-corrected chi connectivity index (χ4v) is 4.08. The number of carbonyl (C=O) groups excluding carboxylic acids is 2. The number of hydrogen-bond donors (Lipinski definition) is 1. The van der Waals surface area contributed by atoms with Crippen LogP contribution in [0.1, 0.15) is 29.1 Å². The third kappa shape index (κ3) is 3.99. The first-order valence-electron chi connectivity index (χ1n) is 7.81. The number of likely N-dealkylation sites (tertiary alicyclic amines) is 1. The van der Waals surface area contributed by atoms with Gasteiger partial charge in [0.15, 0.2) is 0 Å². The highest BCUT2D eigenvalue weighted by Crippen LogP contribution is 2.28. The average Bonchev–Trinajstić information content (AvgIpc) is 3.01. The lowest BCUT2D eigenvalue weighted by Gasteiger charge is -2.18. The zero-order valence-corrected chi connectivity index (χ0v) is 15.4. The van der Waals surface area contributed by atoms with Crippen molar-refractivity contribution < 1.29 is 14.0 Å². The number of carbonyl (C=O) groups is 2. The number of likely N-dealkylation sites (N-methyl/N-ethyl adjacent to an activating group) is 1. The van der Waals surface area contributed by atoms with Crippen LogP contribution in [-0.2, 0) is 16.0 Å². The predicted molar refractivity (Wildman–Crippen MR) is 95.5 cm³/mol. The molecule has 2 amide bonds. The molecule has 1 aliphatic heterocycles. The lowest BCUT2D eigenvalue weighted by molar-refractivity contribution is -0.131. The number of nitrogens with zero attached hydrogens (tertiary/aromatic N) is 2. The highest BCUT2D eigenvalue weighted by Gasteiger charge is 2.33. The number of hydrogen-bond acceptors (Lipinski definition) is 4. The molecule has 1 N–H and O–H groups in total. The van der Waals surface area contributed by atoms with Crippen molar-refractivity contribution >= 4 is 39.8 Å². The first-order chi connectivity index (χ1) is 11.8. The number of nitrogens with one attached hydrogen (secondary N) is 1. The molecule has 1 atom stereocenters. The van der Waals surface area contributed by atoms with Crippen LogP contribution < -0.4 is 5.32 Å². The molecule has 1 aromatic heterocycles. The van der Waals surface area contributed by atoms with E-state index in [1.165, 1.54) is 28.4 Å². The normalized spacial score (nSPS) is 17.2. The maximum atomic E-state index is 13.4. The monoisotopic (exact) mass is 381 g/mol. The first kappa shape index (κ1) is 17.8. The molecule has 8 heteroatoms. The van der Waals surface area contributed by atoms with Gasteiger partial charge in [-0.1, -0.05) is 11.6 Å². The van der Waals surface area contributed by atoms with E-state index < -0.39 is 11.9 Å². The van der Waals surface area contributed by atoms with Gasteiger partial charge >= 0.3 is 0 Å². The first-order valence-corrected chi connectivity index (χ1v) is 9.00. The molecule has 1 unspecified atom stereocenters. The van der Waals surface area contributed by atoms with Gasteiger partial charge < -0.3 is 10.2 Å². The Morgan fingerprint density at radius 3 is 2.88 bits per heavy atom. The third-order valence-corrected chi connectivity index (χ3v) is 5.44. The molecule has 3 rings (SSSR count). The van der Waals surface area contributed by atoms with E-state index in [-0.39, 0.29) is 11.8 Å². The molecule has 5 nitrogen and oxygen atoms in total. The van der Waals surface area contributed by atoms with Crippen molar-refractivity contribution in [3.8, 4) is 0 Å². The minimum Gasteiger partial charge on any atom is -0.334 e. The Hall–Kier alpha value is -1.99. The second-order valence-corrected chi connectivity index (χ2v) is 7.55. The van der Waals surface area contributed by atoms with Crippen molar-refractivity contribution in [3.05, 3.63) is 45.3 Å². The fourth-order valence-electron chi connectivity index (χ4n) is 2.84. The zero-order chi connectivity index (χ0) is 18.1. The Labute approximate surface area is 153 Å². The summed E-state index contributed by atoms with van der Waals surface area (Å²) in [6.45, 7) is 1.80. The summed E-state index contributed by atoms with van der Waals surface area (Å²) in [7, 11) is 1.64. The second-order valence-electron chi connectivity index (χ2n) is 6.02. The van der Waals surface area contributed by atoms with E-state index in [4.69, 9.17) is 11.6 Å². The van der Waals surface area contributed by atoms with Gasteiger partial charge in [-0.2, -0.15) is 0 Å². The molecule has 1 saturated heterocycles. The third-order valence-electron chi connectivity index (χ3n) is 4.15. The molecular formula is C17H17ClFN3O2S. The van der Waals surface area contributed by atoms with Crippen LogP contribution in [0, 0.1) is 12.7 Å². The number of anilines is 1. The summed E-state index contributed by atoms with van der Waals surface area (Å²) in [6.07, 6.45) is 1.34. The van der Waals surface area contributed by atoms with Crippen molar-refractivity contribution in [1.29, 1.82) is 0 Å². The van der Waals surface area contributed by atoms with E-state index in [2.05, 4.69) is 10.3 Å². The SMILES string of the molecule is Cc1nc(Cc2cc(F)cc(Cl)c2)sc1NC(=O)C1CCC(=O)N1C. The molecule has 0 spiro atoms. The van der Waals surface area contributed by atoms with E-state index in [0.29, 0.717) is 35.0 Å². The van der Waals surface area contributed by atoms with Crippen LogP contribution >= 0.6 is 22.9 Å². The van der Waals surface area contributed by atoms with Crippen molar-refractivity contribution in [1.82, 2.24) is 9.88 Å². The Morgan fingerprint density at radius 2 is 2.24 bits per heavy atom. The van der Waals surface area contributed by atoms with Gasteiger partial charge in [0.25, 0.3) is 0 Å². The van der Waals surface area contributed by atoms with Gasteiger partial charge in [-0.3, -0.25) is 9.59 Å². The van der Waals surface area contributed by atoms with E-state index in [1.807, 2.05) is 0 Å². The van der Waals surface area contributed by atoms with E-state index in [1.54, 1.807) is 20.0 Å². The van der Waals surface area contributed by atoms with Gasteiger partial charge in [0.05, 0.1) is 10.7 Å². The number of thiazole rings is 1. The Bertz CT molecular complexity index is 819. The van der Waals surface area contributed by atoms with Gasteiger partial charge in [0.2, 0.25) is 11.8 Å². The van der Waals surface area contributed by atoms with E-state index in [0.717, 1.165) is 10.6 Å². The summed E-state index contributed by atoms with van der Waals surface area (Å²) >= 11 is 7.22. The number of aryl methyl sites for hydroxylation is 1. The summed E-state index contributed by atoms with van der Waals surface area (Å²) in [6, 6.07) is 3.92. The zero-order valence-electron chi connectivity index (χ0n) is 13.8. The molecule has 0 radical (unpaired) electrons. The molecule has 132 valence electrons. The van der Waals surface area contributed by atoms with Crippen LogP contribution in [0.4, 0.5) is 9.39 Å². The fraction of sp³-hybridized carbons (Fsp3) is 0.353. The topological polar surface area (TPSA) is 62.3 Å². The Morgan fingerprint density at radius 1 is 1.48 bits per heavy atom. The summed E-state index contributed by atoms with van der Waals surface area (Å²) in [4.78, 5) is 29.9. The molecule has 0 saturated carbocycles. The van der Waals surface area contributed by atoms with Crippen LogP contribution in [0.3, 0.4) is 0 Å². The van der Waals surface area contributed by atoms with Crippen LogP contribution in [0.5, 0.6) is 0 Å². The molecule has 2 aromatic rings. The van der Waals surface area contributed by atoms with Crippen molar-refractivity contribution in [2.45, 2.75) is 32.2 Å². The quantitative estimate of drug-likeness (QED) is 0.882. The molecule has 25 heavy (non-hydrogen) atoms. The molecule has 0 bridgehead atoms. The second kappa shape index (κ2) is 7.09. The van der Waals surface area contributed by atoms with Crippen LogP contribution in [0.15, 0.2) is 18.2 Å². The summed E-state index contributed by atoms with van der Waals surface area (Å²) in [5.41, 5.74) is 1.42. The van der Waals surface area contributed by atoms with Gasteiger partial charge in [0.1, 0.15) is 16.9 Å². The van der Waals surface area contributed by atoms with Crippen LogP contribution in [0.2, 0.25) is 5.02 Å². The van der Waals surface area contributed by atoms with Crippen LogP contribution in [0.25, 0.3) is 0 Å². The van der Waals surface area contributed by atoms with Gasteiger partial charge in [-0.05, 0) is 37.1 Å². The lowest BCUT2D eigenvalue weighted by Crippen LogP contribution is -2.38. The van der Waals surface area contributed by atoms with Gasteiger partial charge in [-0.25, -0.2) is 9.37 Å². The van der Waals surface area contributed by atoms with E-state index >= 15 is 0 Å². The lowest BCUT2D eigenvalue weighted by atomic mass is 10.1. The molecule has 1 aliphatic rings. The standard InChI is InChI=1S/C17H17ClFN3O2S/c1-9-17(21-16(24)13-3-4-15(23)22(13)2)25-14(20-9)7-10-5-11(18)8-12(19)6-10/h5-6,8,13H,3-4,7H2,1-2H3,(H,21,24). The number of aromatic nitrogens is 1.